The first kappa shape index (κ1) is 21.5. The van der Waals surface area contributed by atoms with Gasteiger partial charge in [0.05, 0.1) is 27.1 Å². The first-order chi connectivity index (χ1) is 15.5. The number of benzene rings is 3. The van der Waals surface area contributed by atoms with Crippen LogP contribution in [-0.4, -0.2) is 33.6 Å². The highest BCUT2D eigenvalue weighted by molar-refractivity contribution is 8.01. The van der Waals surface area contributed by atoms with Crippen LogP contribution in [-0.2, 0) is 4.79 Å². The van der Waals surface area contributed by atoms with Crippen LogP contribution in [0.5, 0.6) is 0 Å². The summed E-state index contributed by atoms with van der Waals surface area (Å²) in [7, 11) is 0. The summed E-state index contributed by atoms with van der Waals surface area (Å²) in [6, 6.07) is 20.6. The van der Waals surface area contributed by atoms with Gasteiger partial charge < -0.3 is 15.7 Å². The van der Waals surface area contributed by atoms with E-state index in [-0.39, 0.29) is 22.8 Å². The molecule has 0 unspecified atom stereocenters. The van der Waals surface area contributed by atoms with Gasteiger partial charge in [-0.05, 0) is 42.5 Å². The highest BCUT2D eigenvalue weighted by Gasteiger charge is 2.16. The molecule has 3 aromatic carbocycles. The molecule has 0 aliphatic rings. The third-order valence-corrected chi connectivity index (χ3v) is 6.57. The Hall–Kier alpha value is -3.69. The lowest BCUT2D eigenvalue weighted by molar-refractivity contribution is -0.113. The van der Waals surface area contributed by atoms with Crippen molar-refractivity contribution in [2.45, 2.75) is 4.34 Å². The molecule has 32 heavy (non-hydrogen) atoms. The van der Waals surface area contributed by atoms with Crippen LogP contribution in [0.15, 0.2) is 77.1 Å². The molecule has 0 bridgehead atoms. The van der Waals surface area contributed by atoms with Gasteiger partial charge in [-0.1, -0.05) is 42.1 Å². The number of thioether (sulfide) groups is 1. The van der Waals surface area contributed by atoms with Crippen molar-refractivity contribution < 1.29 is 19.5 Å². The molecule has 4 rings (SSSR count). The van der Waals surface area contributed by atoms with Crippen LogP contribution in [0.2, 0.25) is 0 Å². The molecule has 3 N–H and O–H groups in total. The fourth-order valence-electron chi connectivity index (χ4n) is 2.95. The molecule has 0 atom stereocenters. The van der Waals surface area contributed by atoms with E-state index < -0.39 is 11.9 Å². The lowest BCUT2D eigenvalue weighted by Gasteiger charge is -2.07. The van der Waals surface area contributed by atoms with E-state index in [2.05, 4.69) is 15.6 Å². The van der Waals surface area contributed by atoms with Gasteiger partial charge in [0.25, 0.3) is 5.91 Å². The zero-order valence-corrected chi connectivity index (χ0v) is 18.2. The van der Waals surface area contributed by atoms with Crippen molar-refractivity contribution in [2.24, 2.45) is 0 Å². The van der Waals surface area contributed by atoms with Gasteiger partial charge >= 0.3 is 5.97 Å². The van der Waals surface area contributed by atoms with E-state index >= 15 is 0 Å². The van der Waals surface area contributed by atoms with E-state index in [1.165, 1.54) is 35.2 Å². The lowest BCUT2D eigenvalue weighted by atomic mass is 10.1. The molecule has 4 aromatic rings. The number of hydrogen-bond acceptors (Lipinski definition) is 6. The quantitative estimate of drug-likeness (QED) is 0.334. The normalized spacial score (nSPS) is 10.6. The van der Waals surface area contributed by atoms with E-state index in [4.69, 9.17) is 0 Å². The number of amides is 2. The van der Waals surface area contributed by atoms with Gasteiger partial charge in [0.1, 0.15) is 0 Å². The van der Waals surface area contributed by atoms with Crippen LogP contribution in [0, 0.1) is 0 Å². The molecule has 0 saturated carbocycles. The number of nitrogens with zero attached hydrogens (tertiary/aromatic N) is 1. The summed E-state index contributed by atoms with van der Waals surface area (Å²) in [5, 5.41) is 14.9. The van der Waals surface area contributed by atoms with Crippen LogP contribution in [0.1, 0.15) is 20.7 Å². The van der Waals surface area contributed by atoms with E-state index in [0.29, 0.717) is 5.69 Å². The fourth-order valence-corrected chi connectivity index (χ4v) is 4.86. The van der Waals surface area contributed by atoms with Crippen molar-refractivity contribution in [3.63, 3.8) is 0 Å². The number of fused-ring (bicyclic) bond motifs is 1. The molecular weight excluding hydrogens is 446 g/mol. The molecule has 0 aliphatic carbocycles. The monoisotopic (exact) mass is 463 g/mol. The Kier molecular flexibility index (Phi) is 6.48. The predicted molar refractivity (Wildman–Crippen MR) is 127 cm³/mol. The second-order valence-corrected chi connectivity index (χ2v) is 8.92. The topological polar surface area (TPSA) is 108 Å². The van der Waals surface area contributed by atoms with Crippen molar-refractivity contribution in [1.82, 2.24) is 4.98 Å². The molecule has 0 spiro atoms. The molecule has 0 radical (unpaired) electrons. The number of aromatic carboxylic acids is 1. The Morgan fingerprint density at radius 3 is 2.34 bits per heavy atom. The Balaban J connectivity index is 1.42. The summed E-state index contributed by atoms with van der Waals surface area (Å²) in [6.07, 6.45) is 0. The third kappa shape index (κ3) is 5.13. The number of carboxylic acids is 1. The van der Waals surface area contributed by atoms with Crippen molar-refractivity contribution >= 4 is 62.5 Å². The Morgan fingerprint density at radius 2 is 1.59 bits per heavy atom. The largest absolute Gasteiger partial charge is 0.478 e. The molecule has 0 aliphatic heterocycles. The smallest absolute Gasteiger partial charge is 0.336 e. The molecule has 9 heteroatoms. The van der Waals surface area contributed by atoms with E-state index in [9.17, 15) is 19.5 Å². The number of thiazole rings is 1. The van der Waals surface area contributed by atoms with E-state index in [1.54, 1.807) is 30.3 Å². The van der Waals surface area contributed by atoms with E-state index in [1.807, 2.05) is 30.3 Å². The highest BCUT2D eigenvalue weighted by atomic mass is 32.2. The minimum absolute atomic E-state index is 0.0590. The first-order valence-corrected chi connectivity index (χ1v) is 11.3. The van der Waals surface area contributed by atoms with Gasteiger partial charge in [-0.3, -0.25) is 9.59 Å². The Bertz CT molecular complexity index is 1310. The fraction of sp³-hybridized carbons (Fsp3) is 0.0435. The second kappa shape index (κ2) is 9.63. The van der Waals surface area contributed by atoms with Crippen molar-refractivity contribution in [2.75, 3.05) is 16.4 Å². The summed E-state index contributed by atoms with van der Waals surface area (Å²) >= 11 is 2.76. The number of anilines is 2. The number of carbonyl (C=O) groups is 3. The number of para-hydroxylation sites is 1. The maximum atomic E-state index is 12.6. The van der Waals surface area contributed by atoms with Gasteiger partial charge in [-0.25, -0.2) is 9.78 Å². The zero-order chi connectivity index (χ0) is 22.5. The number of nitrogens with one attached hydrogen (secondary N) is 2. The Labute approximate surface area is 191 Å². The standard InChI is InChI=1S/C23H17N3O4S2/c27-20(24-14-6-2-1-3-7-14)13-31-23-26-18-11-10-15(12-19(18)32-23)25-21(28)16-8-4-5-9-17(16)22(29)30/h1-12H,13H2,(H,24,27)(H,25,28)(H,29,30). The summed E-state index contributed by atoms with van der Waals surface area (Å²) in [5.74, 6) is -1.55. The van der Waals surface area contributed by atoms with Crippen molar-refractivity contribution in [1.29, 1.82) is 0 Å². The van der Waals surface area contributed by atoms with Crippen LogP contribution >= 0.6 is 23.1 Å². The van der Waals surface area contributed by atoms with Crippen molar-refractivity contribution in [3.05, 3.63) is 83.9 Å². The number of carbonyl (C=O) groups excluding carboxylic acids is 2. The molecule has 0 fully saturated rings. The maximum Gasteiger partial charge on any atom is 0.336 e. The summed E-state index contributed by atoms with van der Waals surface area (Å²) < 4.78 is 1.59. The molecule has 1 heterocycles. The van der Waals surface area contributed by atoms with Crippen LogP contribution in [0.25, 0.3) is 10.2 Å². The number of rotatable bonds is 7. The molecule has 0 saturated heterocycles. The lowest BCUT2D eigenvalue weighted by Crippen LogP contribution is -2.16. The van der Waals surface area contributed by atoms with Crippen LogP contribution in [0.4, 0.5) is 11.4 Å². The summed E-state index contributed by atoms with van der Waals surface area (Å²) in [6.45, 7) is 0. The third-order valence-electron chi connectivity index (χ3n) is 4.41. The molecule has 7 nitrogen and oxygen atoms in total. The maximum absolute atomic E-state index is 12.6. The van der Waals surface area contributed by atoms with E-state index in [0.717, 1.165) is 20.2 Å². The van der Waals surface area contributed by atoms with Gasteiger partial charge in [0.15, 0.2) is 4.34 Å². The number of aromatic nitrogens is 1. The molecule has 1 aromatic heterocycles. The number of carboxylic acid groups (broad SMARTS) is 1. The average molecular weight is 464 g/mol. The molecular formula is C23H17N3O4S2. The SMILES string of the molecule is O=C(CSc1nc2ccc(NC(=O)c3ccccc3C(=O)O)cc2s1)Nc1ccccc1. The second-order valence-electron chi connectivity index (χ2n) is 6.67. The highest BCUT2D eigenvalue weighted by Crippen LogP contribution is 2.31. The minimum Gasteiger partial charge on any atom is -0.478 e. The predicted octanol–water partition coefficient (Wildman–Crippen LogP) is 4.98. The molecule has 2 amide bonds. The number of hydrogen-bond donors (Lipinski definition) is 3. The first-order valence-electron chi connectivity index (χ1n) is 9.51. The summed E-state index contributed by atoms with van der Waals surface area (Å²) in [4.78, 5) is 40.6. The zero-order valence-electron chi connectivity index (χ0n) is 16.6. The van der Waals surface area contributed by atoms with Gasteiger partial charge in [-0.15, -0.1) is 11.3 Å². The van der Waals surface area contributed by atoms with Crippen LogP contribution in [0.3, 0.4) is 0 Å². The molecule has 160 valence electrons. The Morgan fingerprint density at radius 1 is 0.875 bits per heavy atom. The van der Waals surface area contributed by atoms with Gasteiger partial charge in [0.2, 0.25) is 5.91 Å². The van der Waals surface area contributed by atoms with Crippen LogP contribution < -0.4 is 10.6 Å². The minimum atomic E-state index is -1.16. The van der Waals surface area contributed by atoms with Gasteiger partial charge in [0, 0.05) is 11.4 Å². The average Bonchev–Trinajstić information content (AvgIpc) is 3.20. The van der Waals surface area contributed by atoms with Crippen molar-refractivity contribution in [3.8, 4) is 0 Å². The van der Waals surface area contributed by atoms with Gasteiger partial charge in [-0.2, -0.15) is 0 Å². The summed E-state index contributed by atoms with van der Waals surface area (Å²) in [5.41, 5.74) is 2.06.